The topological polar surface area (TPSA) is 42.3 Å². The summed E-state index contributed by atoms with van der Waals surface area (Å²) in [4.78, 5) is 27.2. The van der Waals surface area contributed by atoms with Crippen molar-refractivity contribution in [3.05, 3.63) is 103 Å². The minimum atomic E-state index is -0.471. The Morgan fingerprint density at radius 1 is 1.03 bits per heavy atom. The lowest BCUT2D eigenvalue weighted by Gasteiger charge is -2.14. The summed E-state index contributed by atoms with van der Waals surface area (Å²) in [5, 5.41) is 2.01. The maximum atomic E-state index is 13.4. The Hall–Kier alpha value is -2.87. The average Bonchev–Trinajstić information content (AvgIpc) is 3.25. The molecular weight excluding hydrogens is 551 g/mol. The quantitative estimate of drug-likeness (QED) is 0.234. The number of fused-ring (bicyclic) bond motifs is 1. The van der Waals surface area contributed by atoms with Crippen LogP contribution in [-0.2, 0) is 11.3 Å². The number of nitrogens with zero attached hydrogens (tertiary/aromatic N) is 2. The second-order valence-corrected chi connectivity index (χ2v) is 10.5. The molecule has 4 aromatic rings. The fourth-order valence-electron chi connectivity index (χ4n) is 4.34. The van der Waals surface area contributed by atoms with E-state index < -0.39 is 5.82 Å². The number of benzene rings is 3. The van der Waals surface area contributed by atoms with Crippen LogP contribution in [0.5, 0.6) is 0 Å². The van der Waals surface area contributed by atoms with Crippen LogP contribution in [0.25, 0.3) is 22.5 Å². The van der Waals surface area contributed by atoms with E-state index in [4.69, 9.17) is 11.6 Å². The Kier molecular flexibility index (Phi) is 6.34. The molecule has 1 aliphatic rings. The number of hydrogen-bond acceptors (Lipinski definition) is 3. The minimum absolute atomic E-state index is 0.00890. The van der Waals surface area contributed by atoms with E-state index in [0.717, 1.165) is 54.5 Å². The molecule has 2 heterocycles. The first-order chi connectivity index (χ1) is 16.7. The van der Waals surface area contributed by atoms with Crippen molar-refractivity contribution >= 4 is 67.3 Å². The van der Waals surface area contributed by atoms with Crippen LogP contribution in [0.15, 0.2) is 70.0 Å². The van der Waals surface area contributed by atoms with Crippen molar-refractivity contribution in [2.24, 2.45) is 0 Å². The van der Waals surface area contributed by atoms with Crippen molar-refractivity contribution in [3.8, 4) is 5.69 Å². The van der Waals surface area contributed by atoms with Gasteiger partial charge in [0, 0.05) is 26.3 Å². The smallest absolute Gasteiger partial charge is 0.293 e. The summed E-state index contributed by atoms with van der Waals surface area (Å²) >= 11 is 10.6. The van der Waals surface area contributed by atoms with E-state index in [1.807, 2.05) is 38.1 Å². The van der Waals surface area contributed by atoms with Gasteiger partial charge in [-0.15, -0.1) is 0 Å². The first-order valence-electron chi connectivity index (χ1n) is 10.8. The highest BCUT2D eigenvalue weighted by Crippen LogP contribution is 2.36. The molecule has 2 amide bonds. The molecule has 3 aromatic carbocycles. The molecule has 1 aliphatic heterocycles. The lowest BCUT2D eigenvalue weighted by Crippen LogP contribution is -2.27. The first kappa shape index (κ1) is 23.9. The molecule has 0 unspecified atom stereocenters. The van der Waals surface area contributed by atoms with Crippen molar-refractivity contribution in [1.29, 1.82) is 0 Å². The third kappa shape index (κ3) is 4.33. The molecule has 0 atom stereocenters. The largest absolute Gasteiger partial charge is 0.317 e. The predicted molar refractivity (Wildman–Crippen MR) is 143 cm³/mol. The summed E-state index contributed by atoms with van der Waals surface area (Å²) in [5.41, 5.74) is 4.39. The first-order valence-corrected chi connectivity index (χ1v) is 12.8. The maximum Gasteiger partial charge on any atom is 0.293 e. The summed E-state index contributed by atoms with van der Waals surface area (Å²) in [6, 6.07) is 18.2. The summed E-state index contributed by atoms with van der Waals surface area (Å²) in [7, 11) is 0. The lowest BCUT2D eigenvalue weighted by atomic mass is 10.1. The van der Waals surface area contributed by atoms with Crippen LogP contribution in [0.3, 0.4) is 0 Å². The molecular formula is C27H19BrClFN2O2S. The fraction of sp³-hybridized carbons (Fsp3) is 0.111. The number of amides is 2. The van der Waals surface area contributed by atoms with E-state index in [-0.39, 0.29) is 22.7 Å². The molecule has 1 saturated heterocycles. The highest BCUT2D eigenvalue weighted by molar-refractivity contribution is 9.10. The van der Waals surface area contributed by atoms with Crippen LogP contribution in [0.2, 0.25) is 5.02 Å². The highest BCUT2D eigenvalue weighted by atomic mass is 79.9. The molecule has 1 aromatic heterocycles. The van der Waals surface area contributed by atoms with Crippen molar-refractivity contribution in [3.63, 3.8) is 0 Å². The second-order valence-electron chi connectivity index (χ2n) is 8.28. The van der Waals surface area contributed by atoms with Crippen molar-refractivity contribution in [1.82, 2.24) is 9.47 Å². The molecule has 0 aliphatic carbocycles. The molecule has 0 saturated carbocycles. The third-order valence-corrected chi connectivity index (χ3v) is 8.01. The van der Waals surface area contributed by atoms with Gasteiger partial charge in [0.1, 0.15) is 5.82 Å². The van der Waals surface area contributed by atoms with E-state index >= 15 is 0 Å². The van der Waals surface area contributed by atoms with Crippen LogP contribution in [0.1, 0.15) is 22.5 Å². The van der Waals surface area contributed by atoms with Gasteiger partial charge in [0.05, 0.1) is 17.1 Å². The van der Waals surface area contributed by atoms with Gasteiger partial charge in [-0.05, 0) is 78.5 Å². The molecule has 0 N–H and O–H groups in total. The normalized spacial score (nSPS) is 15.1. The molecule has 35 heavy (non-hydrogen) atoms. The zero-order valence-corrected chi connectivity index (χ0v) is 22.0. The van der Waals surface area contributed by atoms with Crippen LogP contribution in [0, 0.1) is 19.7 Å². The van der Waals surface area contributed by atoms with Crippen molar-refractivity contribution < 1.29 is 14.0 Å². The molecule has 5 rings (SSSR count). The molecule has 0 bridgehead atoms. The zero-order valence-electron chi connectivity index (χ0n) is 18.8. The van der Waals surface area contributed by atoms with Crippen molar-refractivity contribution in [2.45, 2.75) is 20.4 Å². The number of aromatic nitrogens is 1. The second kappa shape index (κ2) is 9.30. The highest BCUT2D eigenvalue weighted by Gasteiger charge is 2.35. The number of thioether (sulfide) groups is 1. The SMILES string of the molecule is Cc1cc(/C=C2\SC(=O)N(Cc3ccc(F)cc3Cl)C2=O)c(C)n1-c1ccc(Br)c2ccccc12. The monoisotopic (exact) mass is 568 g/mol. The van der Waals surface area contributed by atoms with Gasteiger partial charge in [-0.2, -0.15) is 0 Å². The number of rotatable bonds is 4. The Morgan fingerprint density at radius 2 is 1.77 bits per heavy atom. The van der Waals surface area contributed by atoms with Gasteiger partial charge in [-0.1, -0.05) is 57.9 Å². The third-order valence-electron chi connectivity index (χ3n) is 6.06. The Balaban J connectivity index is 1.50. The van der Waals surface area contributed by atoms with Gasteiger partial charge in [-0.3, -0.25) is 14.5 Å². The Bertz CT molecular complexity index is 1560. The predicted octanol–water partition coefficient (Wildman–Crippen LogP) is 8.04. The zero-order chi connectivity index (χ0) is 24.9. The molecule has 0 radical (unpaired) electrons. The number of carbonyl (C=O) groups is 2. The summed E-state index contributed by atoms with van der Waals surface area (Å²) in [5.74, 6) is -0.860. The van der Waals surface area contributed by atoms with E-state index in [2.05, 4.69) is 38.7 Å². The van der Waals surface area contributed by atoms with Crippen molar-refractivity contribution in [2.75, 3.05) is 0 Å². The van der Waals surface area contributed by atoms with Crippen LogP contribution in [0.4, 0.5) is 9.18 Å². The van der Waals surface area contributed by atoms with Gasteiger partial charge in [0.2, 0.25) is 0 Å². The number of aryl methyl sites for hydroxylation is 1. The summed E-state index contributed by atoms with van der Waals surface area (Å²) < 4.78 is 16.5. The number of carbonyl (C=O) groups excluding carboxylic acids is 2. The molecule has 0 spiro atoms. The molecule has 4 nitrogen and oxygen atoms in total. The van der Waals surface area contributed by atoms with Gasteiger partial charge < -0.3 is 4.57 Å². The minimum Gasteiger partial charge on any atom is -0.317 e. The maximum absolute atomic E-state index is 13.4. The van der Waals surface area contributed by atoms with E-state index in [9.17, 15) is 14.0 Å². The van der Waals surface area contributed by atoms with Crippen LogP contribution in [-0.4, -0.2) is 20.6 Å². The number of hydrogen-bond donors (Lipinski definition) is 0. The molecule has 1 fully saturated rings. The summed E-state index contributed by atoms with van der Waals surface area (Å²) in [6.45, 7) is 4.01. The van der Waals surface area contributed by atoms with E-state index in [0.29, 0.717) is 10.5 Å². The summed E-state index contributed by atoms with van der Waals surface area (Å²) in [6.07, 6.45) is 1.76. The molecule has 8 heteroatoms. The average molecular weight is 570 g/mol. The van der Waals surface area contributed by atoms with E-state index in [1.54, 1.807) is 6.08 Å². The van der Waals surface area contributed by atoms with Crippen LogP contribution >= 0.6 is 39.3 Å². The van der Waals surface area contributed by atoms with Gasteiger partial charge in [0.15, 0.2) is 0 Å². The van der Waals surface area contributed by atoms with Gasteiger partial charge in [0.25, 0.3) is 11.1 Å². The van der Waals surface area contributed by atoms with E-state index in [1.165, 1.54) is 18.2 Å². The van der Waals surface area contributed by atoms with Gasteiger partial charge in [-0.25, -0.2) is 4.39 Å². The van der Waals surface area contributed by atoms with Gasteiger partial charge >= 0.3 is 0 Å². The standard InChI is InChI=1S/C27H19BrClFN2O2S/c1-15-11-18(16(2)32(15)24-10-9-22(28)20-5-3-4-6-21(20)24)12-25-26(33)31(27(34)35-25)14-17-7-8-19(30)13-23(17)29/h3-13H,14H2,1-2H3/b25-12-. The number of imide groups is 1. The molecule has 176 valence electrons. The van der Waals surface area contributed by atoms with Crippen LogP contribution < -0.4 is 0 Å². The Morgan fingerprint density at radius 3 is 2.51 bits per heavy atom. The number of halogens is 3. The fourth-order valence-corrected chi connectivity index (χ4v) is 5.88. The Labute approximate surface area is 219 Å². The lowest BCUT2D eigenvalue weighted by molar-refractivity contribution is -0.123.